The Morgan fingerprint density at radius 2 is 1.94 bits per heavy atom. The molecule has 3 rings (SSSR count). The standard InChI is InChI=1S/C12H9ClN4/c13-12-8(5-11(14)16-17-12)9-6-15-10-4-2-1-3-7(9)10/h1-6,15H,(H2,14,16). The number of fused-ring (bicyclic) bond motifs is 1. The lowest BCUT2D eigenvalue weighted by molar-refractivity contribution is 1.04. The van der Waals surface area contributed by atoms with Crippen molar-refractivity contribution in [1.82, 2.24) is 15.2 Å². The van der Waals surface area contributed by atoms with Gasteiger partial charge in [-0.3, -0.25) is 0 Å². The van der Waals surface area contributed by atoms with E-state index in [1.165, 1.54) is 0 Å². The summed E-state index contributed by atoms with van der Waals surface area (Å²) in [6.45, 7) is 0. The van der Waals surface area contributed by atoms with Crippen LogP contribution in [0.1, 0.15) is 0 Å². The first kappa shape index (κ1) is 10.1. The normalized spacial score (nSPS) is 10.9. The minimum atomic E-state index is 0.351. The quantitative estimate of drug-likeness (QED) is 0.692. The molecule has 0 fully saturated rings. The molecule has 3 N–H and O–H groups in total. The number of nitrogens with zero attached hydrogens (tertiary/aromatic N) is 2. The van der Waals surface area contributed by atoms with E-state index in [-0.39, 0.29) is 0 Å². The summed E-state index contributed by atoms with van der Waals surface area (Å²) in [7, 11) is 0. The zero-order valence-electron chi connectivity index (χ0n) is 8.81. The third-order valence-corrected chi connectivity index (χ3v) is 2.93. The van der Waals surface area contributed by atoms with Crippen LogP contribution in [0, 0.1) is 0 Å². The summed E-state index contributed by atoms with van der Waals surface area (Å²) in [5.74, 6) is 0.356. The first-order valence-electron chi connectivity index (χ1n) is 5.11. The number of anilines is 1. The number of nitrogen functional groups attached to an aromatic ring is 1. The smallest absolute Gasteiger partial charge is 0.159 e. The Balaban J connectivity index is 2.31. The third-order valence-electron chi connectivity index (χ3n) is 2.65. The van der Waals surface area contributed by atoms with Gasteiger partial charge in [0.25, 0.3) is 0 Å². The summed E-state index contributed by atoms with van der Waals surface area (Å²) in [5.41, 5.74) is 8.45. The summed E-state index contributed by atoms with van der Waals surface area (Å²) in [4.78, 5) is 3.19. The van der Waals surface area contributed by atoms with Crippen LogP contribution in [0.4, 0.5) is 5.82 Å². The average molecular weight is 245 g/mol. The fourth-order valence-corrected chi connectivity index (χ4v) is 2.07. The largest absolute Gasteiger partial charge is 0.382 e. The number of hydrogen-bond donors (Lipinski definition) is 2. The number of aromatic amines is 1. The number of benzene rings is 1. The molecule has 5 heteroatoms. The number of nitrogens with two attached hydrogens (primary N) is 1. The minimum absolute atomic E-state index is 0.351. The summed E-state index contributed by atoms with van der Waals surface area (Å²) >= 11 is 6.04. The maximum atomic E-state index is 6.04. The molecular weight excluding hydrogens is 236 g/mol. The lowest BCUT2D eigenvalue weighted by atomic mass is 10.1. The SMILES string of the molecule is Nc1cc(-c2c[nH]c3ccccc23)c(Cl)nn1. The first-order chi connectivity index (χ1) is 8.25. The van der Waals surface area contributed by atoms with Gasteiger partial charge in [0.1, 0.15) is 5.82 Å². The van der Waals surface area contributed by atoms with Crippen LogP contribution in [0.2, 0.25) is 5.15 Å². The highest BCUT2D eigenvalue weighted by Crippen LogP contribution is 2.32. The molecule has 17 heavy (non-hydrogen) atoms. The van der Waals surface area contributed by atoms with E-state index in [2.05, 4.69) is 15.2 Å². The molecule has 0 aliphatic heterocycles. The number of nitrogens with one attached hydrogen (secondary N) is 1. The van der Waals surface area contributed by atoms with Crippen molar-refractivity contribution in [3.8, 4) is 11.1 Å². The van der Waals surface area contributed by atoms with Crippen LogP contribution >= 0.6 is 11.6 Å². The molecule has 0 atom stereocenters. The van der Waals surface area contributed by atoms with E-state index in [9.17, 15) is 0 Å². The van der Waals surface area contributed by atoms with Crippen LogP contribution in [0.3, 0.4) is 0 Å². The molecule has 0 radical (unpaired) electrons. The van der Waals surface area contributed by atoms with Gasteiger partial charge in [0, 0.05) is 28.2 Å². The van der Waals surface area contributed by atoms with Gasteiger partial charge in [0.2, 0.25) is 0 Å². The Morgan fingerprint density at radius 3 is 2.82 bits per heavy atom. The van der Waals surface area contributed by atoms with E-state index in [0.717, 1.165) is 22.0 Å². The Labute approximate surface area is 102 Å². The molecule has 0 bridgehead atoms. The zero-order valence-corrected chi connectivity index (χ0v) is 9.57. The van der Waals surface area contributed by atoms with Crippen molar-refractivity contribution in [3.63, 3.8) is 0 Å². The van der Waals surface area contributed by atoms with E-state index in [1.54, 1.807) is 6.07 Å². The number of H-pyrrole nitrogens is 1. The fraction of sp³-hybridized carbons (Fsp3) is 0. The van der Waals surface area contributed by atoms with Gasteiger partial charge in [-0.15, -0.1) is 10.2 Å². The zero-order chi connectivity index (χ0) is 11.8. The van der Waals surface area contributed by atoms with E-state index < -0.39 is 0 Å². The fourth-order valence-electron chi connectivity index (χ4n) is 1.88. The van der Waals surface area contributed by atoms with E-state index in [0.29, 0.717) is 11.0 Å². The molecule has 0 aliphatic carbocycles. The second-order valence-corrected chi connectivity index (χ2v) is 4.08. The molecule has 1 aromatic carbocycles. The molecule has 0 saturated carbocycles. The van der Waals surface area contributed by atoms with Crippen LogP contribution in [-0.4, -0.2) is 15.2 Å². The lowest BCUT2D eigenvalue weighted by Crippen LogP contribution is -1.94. The van der Waals surface area contributed by atoms with Crippen molar-refractivity contribution in [2.75, 3.05) is 5.73 Å². The van der Waals surface area contributed by atoms with E-state index in [4.69, 9.17) is 17.3 Å². The van der Waals surface area contributed by atoms with Gasteiger partial charge < -0.3 is 10.7 Å². The van der Waals surface area contributed by atoms with Gasteiger partial charge in [-0.2, -0.15) is 0 Å². The minimum Gasteiger partial charge on any atom is -0.382 e. The first-order valence-corrected chi connectivity index (χ1v) is 5.48. The van der Waals surface area contributed by atoms with Crippen LogP contribution < -0.4 is 5.73 Å². The molecule has 4 nitrogen and oxygen atoms in total. The monoisotopic (exact) mass is 244 g/mol. The molecule has 0 saturated heterocycles. The van der Waals surface area contributed by atoms with Crippen molar-refractivity contribution in [3.05, 3.63) is 41.7 Å². The van der Waals surface area contributed by atoms with Gasteiger partial charge >= 0.3 is 0 Å². The van der Waals surface area contributed by atoms with Crippen molar-refractivity contribution < 1.29 is 0 Å². The number of aromatic nitrogens is 3. The second-order valence-electron chi connectivity index (χ2n) is 3.72. The molecule has 0 amide bonds. The van der Waals surface area contributed by atoms with Crippen LogP contribution in [0.5, 0.6) is 0 Å². The highest BCUT2D eigenvalue weighted by atomic mass is 35.5. The molecule has 84 valence electrons. The summed E-state index contributed by atoms with van der Waals surface area (Å²) in [6.07, 6.45) is 1.90. The Bertz CT molecular complexity index is 690. The van der Waals surface area contributed by atoms with Gasteiger partial charge in [0.15, 0.2) is 5.15 Å². The topological polar surface area (TPSA) is 67.6 Å². The van der Waals surface area contributed by atoms with Gasteiger partial charge in [0.05, 0.1) is 0 Å². The summed E-state index contributed by atoms with van der Waals surface area (Å²) < 4.78 is 0. The Kier molecular flexibility index (Phi) is 2.23. The van der Waals surface area contributed by atoms with E-state index >= 15 is 0 Å². The van der Waals surface area contributed by atoms with Crippen LogP contribution in [-0.2, 0) is 0 Å². The predicted molar refractivity (Wildman–Crippen MR) is 68.7 cm³/mol. The molecule has 0 spiro atoms. The van der Waals surface area contributed by atoms with Gasteiger partial charge in [-0.05, 0) is 12.1 Å². The molecule has 2 heterocycles. The maximum Gasteiger partial charge on any atom is 0.159 e. The maximum absolute atomic E-state index is 6.04. The van der Waals surface area contributed by atoms with Crippen molar-refractivity contribution >= 4 is 28.3 Å². The van der Waals surface area contributed by atoms with Crippen LogP contribution in [0.15, 0.2) is 36.5 Å². The summed E-state index contributed by atoms with van der Waals surface area (Å²) in [5, 5.41) is 8.97. The average Bonchev–Trinajstić information content (AvgIpc) is 2.76. The molecular formula is C12H9ClN4. The molecule has 0 aliphatic rings. The molecule has 0 unspecified atom stereocenters. The number of rotatable bonds is 1. The van der Waals surface area contributed by atoms with Crippen LogP contribution in [0.25, 0.3) is 22.0 Å². The van der Waals surface area contributed by atoms with Gasteiger partial charge in [-0.1, -0.05) is 29.8 Å². The Morgan fingerprint density at radius 1 is 1.12 bits per heavy atom. The number of halogens is 1. The summed E-state index contributed by atoms with van der Waals surface area (Å²) in [6, 6.07) is 9.71. The van der Waals surface area contributed by atoms with Gasteiger partial charge in [-0.25, -0.2) is 0 Å². The molecule has 2 aromatic heterocycles. The highest BCUT2D eigenvalue weighted by molar-refractivity contribution is 6.32. The predicted octanol–water partition coefficient (Wildman–Crippen LogP) is 2.86. The number of hydrogen-bond acceptors (Lipinski definition) is 3. The highest BCUT2D eigenvalue weighted by Gasteiger charge is 2.11. The third kappa shape index (κ3) is 1.62. The van der Waals surface area contributed by atoms with Crippen molar-refractivity contribution in [2.24, 2.45) is 0 Å². The molecule has 3 aromatic rings. The van der Waals surface area contributed by atoms with E-state index in [1.807, 2.05) is 30.5 Å². The van der Waals surface area contributed by atoms with Crippen molar-refractivity contribution in [1.29, 1.82) is 0 Å². The second kappa shape index (κ2) is 3.75. The lowest BCUT2D eigenvalue weighted by Gasteiger charge is -2.02. The number of para-hydroxylation sites is 1. The van der Waals surface area contributed by atoms with Crippen molar-refractivity contribution in [2.45, 2.75) is 0 Å². The Hall–Kier alpha value is -2.07.